The molecule has 0 spiro atoms. The van der Waals surface area contributed by atoms with Gasteiger partial charge in [-0.05, 0) is 44.4 Å². The minimum atomic E-state index is -0.567. The number of nitrogens with zero attached hydrogens (tertiary/aromatic N) is 2. The number of esters is 1. The smallest absolute Gasteiger partial charge is 0.338 e. The molecular weight excluding hydrogens is 432 g/mol. The molecule has 0 aliphatic carbocycles. The fourth-order valence-electron chi connectivity index (χ4n) is 3.50. The Bertz CT molecular complexity index is 1330. The zero-order valence-electron chi connectivity index (χ0n) is 17.6. The fourth-order valence-corrected chi connectivity index (χ4v) is 5.36. The molecule has 2 aromatic heterocycles. The van der Waals surface area contributed by atoms with Gasteiger partial charge in [-0.1, -0.05) is 35.6 Å². The van der Waals surface area contributed by atoms with Crippen molar-refractivity contribution < 1.29 is 14.3 Å². The Morgan fingerprint density at radius 1 is 1.23 bits per heavy atom. The minimum Gasteiger partial charge on any atom is -0.496 e. The van der Waals surface area contributed by atoms with E-state index in [0.717, 1.165) is 10.4 Å². The first-order chi connectivity index (χ1) is 14.9. The van der Waals surface area contributed by atoms with Crippen LogP contribution in [0.25, 0.3) is 6.08 Å². The maximum atomic E-state index is 13.5. The molecule has 3 heterocycles. The summed E-state index contributed by atoms with van der Waals surface area (Å²) < 4.78 is 13.0. The van der Waals surface area contributed by atoms with Crippen LogP contribution in [-0.4, -0.2) is 23.8 Å². The highest BCUT2D eigenvalue weighted by molar-refractivity contribution is 7.10. The van der Waals surface area contributed by atoms with E-state index in [0.29, 0.717) is 26.4 Å². The van der Waals surface area contributed by atoms with Gasteiger partial charge in [-0.2, -0.15) is 0 Å². The van der Waals surface area contributed by atoms with Gasteiger partial charge in [-0.3, -0.25) is 9.36 Å². The number of allylic oxidation sites excluding steroid dienone is 1. The SMILES string of the molecule is COc1ccccc1/C=c1/sc2n(c1=O)[C@@H](c1cccs1)C(C(=O)OC(C)C)=C(C)N=2. The highest BCUT2D eigenvalue weighted by Gasteiger charge is 2.34. The summed E-state index contributed by atoms with van der Waals surface area (Å²) in [5.74, 6) is 0.231. The van der Waals surface area contributed by atoms with Crippen molar-refractivity contribution in [3.63, 3.8) is 0 Å². The largest absolute Gasteiger partial charge is 0.496 e. The van der Waals surface area contributed by atoms with Crippen LogP contribution in [-0.2, 0) is 9.53 Å². The second kappa shape index (κ2) is 8.64. The number of thiophene rings is 1. The van der Waals surface area contributed by atoms with Crippen LogP contribution in [0.15, 0.2) is 62.8 Å². The van der Waals surface area contributed by atoms with Crippen molar-refractivity contribution in [3.8, 4) is 5.75 Å². The van der Waals surface area contributed by atoms with E-state index in [-0.39, 0.29) is 11.7 Å². The lowest BCUT2D eigenvalue weighted by Crippen LogP contribution is -2.39. The minimum absolute atomic E-state index is 0.199. The molecule has 1 aliphatic rings. The van der Waals surface area contributed by atoms with E-state index < -0.39 is 12.0 Å². The average molecular weight is 455 g/mol. The molecule has 0 radical (unpaired) electrons. The molecule has 0 N–H and O–H groups in total. The van der Waals surface area contributed by atoms with E-state index in [9.17, 15) is 9.59 Å². The summed E-state index contributed by atoms with van der Waals surface area (Å²) in [6, 6.07) is 10.8. The molecule has 1 atom stereocenters. The molecule has 4 rings (SSSR count). The molecule has 31 heavy (non-hydrogen) atoms. The number of para-hydroxylation sites is 1. The summed E-state index contributed by atoms with van der Waals surface area (Å²) >= 11 is 2.79. The summed E-state index contributed by atoms with van der Waals surface area (Å²) in [5.41, 5.74) is 1.56. The van der Waals surface area contributed by atoms with Crippen LogP contribution in [0.2, 0.25) is 0 Å². The molecule has 3 aromatic rings. The predicted molar refractivity (Wildman–Crippen MR) is 122 cm³/mol. The van der Waals surface area contributed by atoms with Crippen molar-refractivity contribution in [3.05, 3.63) is 83.2 Å². The van der Waals surface area contributed by atoms with Gasteiger partial charge in [0.05, 0.1) is 29.0 Å². The summed E-state index contributed by atoms with van der Waals surface area (Å²) in [4.78, 5) is 32.5. The van der Waals surface area contributed by atoms with Crippen molar-refractivity contribution in [1.82, 2.24) is 4.57 Å². The van der Waals surface area contributed by atoms with E-state index in [1.165, 1.54) is 22.7 Å². The Hall–Kier alpha value is -2.97. The fraction of sp³-hybridized carbons (Fsp3) is 0.261. The van der Waals surface area contributed by atoms with Crippen molar-refractivity contribution in [2.45, 2.75) is 32.9 Å². The Morgan fingerprint density at radius 3 is 2.68 bits per heavy atom. The Balaban J connectivity index is 1.93. The second-order valence-corrected chi connectivity index (χ2v) is 9.28. The van der Waals surface area contributed by atoms with E-state index in [1.54, 1.807) is 38.5 Å². The quantitative estimate of drug-likeness (QED) is 0.555. The van der Waals surface area contributed by atoms with E-state index >= 15 is 0 Å². The average Bonchev–Trinajstić information content (AvgIpc) is 3.36. The Morgan fingerprint density at radius 2 is 2.00 bits per heavy atom. The summed E-state index contributed by atoms with van der Waals surface area (Å²) in [5, 5.41) is 1.93. The highest BCUT2D eigenvalue weighted by atomic mass is 32.1. The second-order valence-electron chi connectivity index (χ2n) is 7.29. The third kappa shape index (κ3) is 4.00. The number of aromatic nitrogens is 1. The maximum Gasteiger partial charge on any atom is 0.338 e. The molecule has 1 aromatic carbocycles. The van der Waals surface area contributed by atoms with Crippen LogP contribution >= 0.6 is 22.7 Å². The van der Waals surface area contributed by atoms with Crippen LogP contribution < -0.4 is 19.6 Å². The molecule has 8 heteroatoms. The highest BCUT2D eigenvalue weighted by Crippen LogP contribution is 2.33. The van der Waals surface area contributed by atoms with Crippen LogP contribution in [0.3, 0.4) is 0 Å². The third-order valence-corrected chi connectivity index (χ3v) is 6.73. The van der Waals surface area contributed by atoms with Gasteiger partial charge in [0, 0.05) is 10.4 Å². The molecule has 1 aliphatic heterocycles. The number of hydrogen-bond donors (Lipinski definition) is 0. The zero-order valence-corrected chi connectivity index (χ0v) is 19.3. The molecule has 0 bridgehead atoms. The summed E-state index contributed by atoms with van der Waals surface area (Å²) in [7, 11) is 1.60. The van der Waals surface area contributed by atoms with Crippen molar-refractivity contribution >= 4 is 34.7 Å². The topological polar surface area (TPSA) is 69.9 Å². The van der Waals surface area contributed by atoms with Crippen molar-refractivity contribution in [2.24, 2.45) is 4.99 Å². The number of fused-ring (bicyclic) bond motifs is 1. The molecule has 160 valence electrons. The molecular formula is C23H22N2O4S2. The predicted octanol–water partition coefficient (Wildman–Crippen LogP) is 3.26. The van der Waals surface area contributed by atoms with Gasteiger partial charge in [-0.15, -0.1) is 11.3 Å². The number of rotatable bonds is 5. The van der Waals surface area contributed by atoms with Gasteiger partial charge in [0.1, 0.15) is 11.8 Å². The lowest BCUT2D eigenvalue weighted by Gasteiger charge is -2.24. The zero-order chi connectivity index (χ0) is 22.1. The molecule has 0 amide bonds. The van der Waals surface area contributed by atoms with Gasteiger partial charge < -0.3 is 9.47 Å². The Kier molecular flexibility index (Phi) is 5.93. The number of hydrogen-bond acceptors (Lipinski definition) is 7. The van der Waals surface area contributed by atoms with Gasteiger partial charge in [0.15, 0.2) is 4.80 Å². The first-order valence-corrected chi connectivity index (χ1v) is 11.5. The maximum absolute atomic E-state index is 13.5. The number of carbonyl (C=O) groups is 1. The first-order valence-electron chi connectivity index (χ1n) is 9.80. The Labute approximate surface area is 187 Å². The molecule has 0 saturated carbocycles. The first kappa shape index (κ1) is 21.3. The molecule has 6 nitrogen and oxygen atoms in total. The normalized spacial score (nSPS) is 16.3. The van der Waals surface area contributed by atoms with E-state index in [1.807, 2.05) is 41.8 Å². The summed E-state index contributed by atoms with van der Waals surface area (Å²) in [6.07, 6.45) is 1.53. The number of thiazole rings is 1. The van der Waals surface area contributed by atoms with Crippen LogP contribution in [0, 0.1) is 0 Å². The van der Waals surface area contributed by atoms with Crippen LogP contribution in [0.4, 0.5) is 0 Å². The third-order valence-electron chi connectivity index (χ3n) is 4.82. The lowest BCUT2D eigenvalue weighted by molar-refractivity contribution is -0.143. The summed E-state index contributed by atoms with van der Waals surface area (Å²) in [6.45, 7) is 5.39. The lowest BCUT2D eigenvalue weighted by atomic mass is 10.0. The monoisotopic (exact) mass is 454 g/mol. The van der Waals surface area contributed by atoms with Gasteiger partial charge in [0.25, 0.3) is 5.56 Å². The van der Waals surface area contributed by atoms with Crippen molar-refractivity contribution in [2.75, 3.05) is 7.11 Å². The van der Waals surface area contributed by atoms with Gasteiger partial charge in [-0.25, -0.2) is 9.79 Å². The van der Waals surface area contributed by atoms with E-state index in [2.05, 4.69) is 4.99 Å². The van der Waals surface area contributed by atoms with Crippen molar-refractivity contribution in [1.29, 1.82) is 0 Å². The van der Waals surface area contributed by atoms with Gasteiger partial charge >= 0.3 is 5.97 Å². The number of ether oxygens (including phenoxy) is 2. The number of carbonyl (C=O) groups excluding carboxylic acids is 1. The van der Waals surface area contributed by atoms with Gasteiger partial charge in [0.2, 0.25) is 0 Å². The van der Waals surface area contributed by atoms with Crippen LogP contribution in [0.1, 0.15) is 37.3 Å². The van der Waals surface area contributed by atoms with Crippen LogP contribution in [0.5, 0.6) is 5.75 Å². The van der Waals surface area contributed by atoms with E-state index in [4.69, 9.17) is 9.47 Å². The number of methoxy groups -OCH3 is 1. The molecule has 0 fully saturated rings. The molecule has 0 unspecified atom stereocenters. The number of benzene rings is 1. The standard InChI is InChI=1S/C23H22N2O4S2/c1-13(2)29-22(27)19-14(3)24-23-25(20(19)17-10-7-11-30-17)21(26)18(31-23)12-15-8-5-6-9-16(15)28-4/h5-13,20H,1-4H3/b18-12+/t20-/m0/s1. The molecule has 0 saturated heterocycles.